The second-order valence-corrected chi connectivity index (χ2v) is 5.48. The highest BCUT2D eigenvalue weighted by molar-refractivity contribution is 7.15. The van der Waals surface area contributed by atoms with Gasteiger partial charge in [-0.1, -0.05) is 48.5 Å². The molecule has 0 spiro atoms. The zero-order chi connectivity index (χ0) is 13.1. The number of nitrogen functional groups attached to an aromatic ring is 1. The highest BCUT2D eigenvalue weighted by atomic mass is 32.1. The maximum absolute atomic E-state index is 5.96. The summed E-state index contributed by atoms with van der Waals surface area (Å²) in [6.45, 7) is 0. The third-order valence-corrected chi connectivity index (χ3v) is 4.06. The minimum atomic E-state index is 0.796. The van der Waals surface area contributed by atoms with Crippen LogP contribution in [0.5, 0.6) is 0 Å². The highest BCUT2D eigenvalue weighted by Gasteiger charge is 2.06. The van der Waals surface area contributed by atoms with Gasteiger partial charge in [0, 0.05) is 18.3 Å². The van der Waals surface area contributed by atoms with Gasteiger partial charge in [-0.3, -0.25) is 0 Å². The van der Waals surface area contributed by atoms with Crippen molar-refractivity contribution >= 4 is 17.0 Å². The maximum Gasteiger partial charge on any atom is 0.0975 e. The molecule has 19 heavy (non-hydrogen) atoms. The van der Waals surface area contributed by atoms with Crippen molar-refractivity contribution in [3.05, 3.63) is 71.4 Å². The molecule has 0 atom stereocenters. The van der Waals surface area contributed by atoms with Crippen LogP contribution in [0.4, 0.5) is 5.69 Å². The average Bonchev–Trinajstić information content (AvgIpc) is 2.91. The molecule has 0 aliphatic carbocycles. The molecule has 0 fully saturated rings. The molecule has 0 unspecified atom stereocenters. The Hall–Kier alpha value is -2.13. The topological polar surface area (TPSA) is 38.9 Å². The van der Waals surface area contributed by atoms with Gasteiger partial charge in [0.25, 0.3) is 0 Å². The lowest BCUT2D eigenvalue weighted by molar-refractivity contribution is 1.14. The third kappa shape index (κ3) is 2.66. The lowest BCUT2D eigenvalue weighted by Crippen LogP contribution is -1.94. The predicted molar refractivity (Wildman–Crippen MR) is 81.2 cm³/mol. The molecule has 94 valence electrons. The molecule has 1 aromatic heterocycles. The van der Waals surface area contributed by atoms with Crippen molar-refractivity contribution in [1.29, 1.82) is 0 Å². The van der Waals surface area contributed by atoms with Crippen LogP contribution < -0.4 is 5.73 Å². The smallest absolute Gasteiger partial charge is 0.0975 e. The molecule has 3 aromatic rings. The average molecular weight is 266 g/mol. The molecular formula is C16H14N2S. The van der Waals surface area contributed by atoms with Gasteiger partial charge in [0.1, 0.15) is 0 Å². The fourth-order valence-electron chi connectivity index (χ4n) is 1.99. The fourth-order valence-corrected chi connectivity index (χ4v) is 2.93. The first-order chi connectivity index (χ1) is 9.33. The number of aromatic nitrogens is 1. The first-order valence-electron chi connectivity index (χ1n) is 6.16. The number of anilines is 1. The molecule has 0 saturated carbocycles. The van der Waals surface area contributed by atoms with E-state index in [1.54, 1.807) is 11.3 Å². The van der Waals surface area contributed by atoms with E-state index < -0.39 is 0 Å². The quantitative estimate of drug-likeness (QED) is 0.728. The Morgan fingerprint density at radius 3 is 2.47 bits per heavy atom. The van der Waals surface area contributed by atoms with Gasteiger partial charge >= 0.3 is 0 Å². The molecule has 2 nitrogen and oxygen atoms in total. The van der Waals surface area contributed by atoms with Crippen molar-refractivity contribution in [2.45, 2.75) is 6.42 Å². The number of hydrogen-bond acceptors (Lipinski definition) is 3. The van der Waals surface area contributed by atoms with Crippen LogP contribution in [-0.2, 0) is 6.42 Å². The Morgan fingerprint density at radius 2 is 1.68 bits per heavy atom. The minimum Gasteiger partial charge on any atom is -0.398 e. The summed E-state index contributed by atoms with van der Waals surface area (Å²) in [5.74, 6) is 0. The summed E-state index contributed by atoms with van der Waals surface area (Å²) >= 11 is 1.72. The van der Waals surface area contributed by atoms with Crippen molar-refractivity contribution in [3.63, 3.8) is 0 Å². The summed E-state index contributed by atoms with van der Waals surface area (Å²) in [4.78, 5) is 5.69. The van der Waals surface area contributed by atoms with E-state index in [0.717, 1.165) is 22.7 Å². The standard InChI is InChI=1S/C16H14N2S/c17-14-9-5-4-8-13(14)10-16-18-11-15(19-16)12-6-2-1-3-7-12/h1-9,11H,10,17H2. The van der Waals surface area contributed by atoms with E-state index in [2.05, 4.69) is 23.2 Å². The number of hydrogen-bond donors (Lipinski definition) is 1. The van der Waals surface area contributed by atoms with Crippen LogP contribution in [0.15, 0.2) is 60.8 Å². The Labute approximate surface area is 116 Å². The van der Waals surface area contributed by atoms with Gasteiger partial charge in [-0.15, -0.1) is 11.3 Å². The molecule has 2 N–H and O–H groups in total. The minimum absolute atomic E-state index is 0.796. The summed E-state index contributed by atoms with van der Waals surface area (Å²) in [5.41, 5.74) is 9.15. The van der Waals surface area contributed by atoms with E-state index in [1.807, 2.05) is 42.6 Å². The number of thiazole rings is 1. The SMILES string of the molecule is Nc1ccccc1Cc1ncc(-c2ccccc2)s1. The Kier molecular flexibility index (Phi) is 3.29. The zero-order valence-electron chi connectivity index (χ0n) is 10.4. The van der Waals surface area contributed by atoms with E-state index in [0.29, 0.717) is 0 Å². The summed E-state index contributed by atoms with van der Waals surface area (Å²) in [6.07, 6.45) is 2.73. The van der Waals surface area contributed by atoms with Crippen molar-refractivity contribution < 1.29 is 0 Å². The van der Waals surface area contributed by atoms with Crippen molar-refractivity contribution in [2.75, 3.05) is 5.73 Å². The van der Waals surface area contributed by atoms with E-state index in [4.69, 9.17) is 5.73 Å². The van der Waals surface area contributed by atoms with E-state index in [-0.39, 0.29) is 0 Å². The van der Waals surface area contributed by atoms with Gasteiger partial charge in [0.05, 0.1) is 9.88 Å². The first kappa shape index (κ1) is 11.9. The van der Waals surface area contributed by atoms with Crippen LogP contribution in [0.2, 0.25) is 0 Å². The van der Waals surface area contributed by atoms with Gasteiger partial charge in [0.15, 0.2) is 0 Å². The molecule has 0 saturated heterocycles. The van der Waals surface area contributed by atoms with Crippen LogP contribution in [-0.4, -0.2) is 4.98 Å². The number of nitrogens with zero attached hydrogens (tertiary/aromatic N) is 1. The molecular weight excluding hydrogens is 252 g/mol. The van der Waals surface area contributed by atoms with Crippen LogP contribution >= 0.6 is 11.3 Å². The molecule has 0 aliphatic rings. The van der Waals surface area contributed by atoms with Crippen molar-refractivity contribution in [1.82, 2.24) is 4.98 Å². The summed E-state index contributed by atoms with van der Waals surface area (Å²) in [6, 6.07) is 18.3. The monoisotopic (exact) mass is 266 g/mol. The second kappa shape index (κ2) is 5.24. The molecule has 3 heteroatoms. The Bertz CT molecular complexity index is 674. The van der Waals surface area contributed by atoms with E-state index in [1.165, 1.54) is 10.4 Å². The molecule has 2 aromatic carbocycles. The number of rotatable bonds is 3. The normalized spacial score (nSPS) is 10.5. The highest BCUT2D eigenvalue weighted by Crippen LogP contribution is 2.27. The third-order valence-electron chi connectivity index (χ3n) is 3.01. The van der Waals surface area contributed by atoms with Gasteiger partial charge in [-0.05, 0) is 17.2 Å². The number of benzene rings is 2. The zero-order valence-corrected chi connectivity index (χ0v) is 11.2. The van der Waals surface area contributed by atoms with Gasteiger partial charge < -0.3 is 5.73 Å². The van der Waals surface area contributed by atoms with Crippen LogP contribution in [0.25, 0.3) is 10.4 Å². The molecule has 0 radical (unpaired) electrons. The Morgan fingerprint density at radius 1 is 0.947 bits per heavy atom. The van der Waals surface area contributed by atoms with Crippen molar-refractivity contribution in [3.8, 4) is 10.4 Å². The summed E-state index contributed by atoms with van der Waals surface area (Å²) in [7, 11) is 0. The maximum atomic E-state index is 5.96. The van der Waals surface area contributed by atoms with Crippen molar-refractivity contribution in [2.24, 2.45) is 0 Å². The van der Waals surface area contributed by atoms with E-state index in [9.17, 15) is 0 Å². The lowest BCUT2D eigenvalue weighted by atomic mass is 10.1. The molecule has 3 rings (SSSR count). The fraction of sp³-hybridized carbons (Fsp3) is 0.0625. The van der Waals surface area contributed by atoms with Gasteiger partial charge in [-0.25, -0.2) is 4.98 Å². The van der Waals surface area contributed by atoms with Gasteiger partial charge in [-0.2, -0.15) is 0 Å². The number of nitrogens with two attached hydrogens (primary N) is 1. The lowest BCUT2D eigenvalue weighted by Gasteiger charge is -2.01. The summed E-state index contributed by atoms with van der Waals surface area (Å²) < 4.78 is 0. The van der Waals surface area contributed by atoms with Gasteiger partial charge in [0.2, 0.25) is 0 Å². The first-order valence-corrected chi connectivity index (χ1v) is 6.98. The predicted octanol–water partition coefficient (Wildman–Crippen LogP) is 3.98. The molecule has 1 heterocycles. The largest absolute Gasteiger partial charge is 0.398 e. The van der Waals surface area contributed by atoms with E-state index >= 15 is 0 Å². The molecule has 0 aliphatic heterocycles. The molecule has 0 bridgehead atoms. The number of para-hydroxylation sites is 1. The Balaban J connectivity index is 1.85. The van der Waals surface area contributed by atoms with Crippen LogP contribution in [0.1, 0.15) is 10.6 Å². The summed E-state index contributed by atoms with van der Waals surface area (Å²) in [5, 5.41) is 1.09. The molecule has 0 amide bonds. The van der Waals surface area contributed by atoms with Crippen LogP contribution in [0.3, 0.4) is 0 Å². The van der Waals surface area contributed by atoms with Crippen LogP contribution in [0, 0.1) is 0 Å². The second-order valence-electron chi connectivity index (χ2n) is 4.36.